The van der Waals surface area contributed by atoms with Crippen molar-refractivity contribution >= 4 is 0 Å². The molecule has 19 heavy (non-hydrogen) atoms. The number of benzene rings is 2. The third-order valence-electron chi connectivity index (χ3n) is 3.53. The summed E-state index contributed by atoms with van der Waals surface area (Å²) in [5.41, 5.74) is 2.74. The van der Waals surface area contributed by atoms with Crippen molar-refractivity contribution in [2.24, 2.45) is 0 Å². The molecule has 1 aliphatic rings. The summed E-state index contributed by atoms with van der Waals surface area (Å²) in [7, 11) is 0. The summed E-state index contributed by atoms with van der Waals surface area (Å²) in [5, 5.41) is 10.5. The van der Waals surface area contributed by atoms with Crippen molar-refractivity contribution in [2.45, 2.75) is 32.0 Å². The molecule has 1 atom stereocenters. The molecule has 1 unspecified atom stereocenters. The lowest BCUT2D eigenvalue weighted by atomic mass is 9.96. The van der Waals surface area contributed by atoms with Crippen LogP contribution in [0.1, 0.15) is 36.6 Å². The minimum Gasteiger partial charge on any atom is -0.487 e. The van der Waals surface area contributed by atoms with Gasteiger partial charge < -0.3 is 9.84 Å². The van der Waals surface area contributed by atoms with E-state index in [4.69, 9.17) is 4.74 Å². The Kier molecular flexibility index (Phi) is 2.83. The van der Waals surface area contributed by atoms with E-state index in [-0.39, 0.29) is 5.60 Å². The Morgan fingerprint density at radius 2 is 1.79 bits per heavy atom. The Labute approximate surface area is 113 Å². The van der Waals surface area contributed by atoms with Gasteiger partial charge in [0.2, 0.25) is 0 Å². The Hall–Kier alpha value is -1.80. The number of hydrogen-bond acceptors (Lipinski definition) is 2. The normalized spacial score (nSPS) is 17.6. The lowest BCUT2D eigenvalue weighted by Gasteiger charge is -2.20. The van der Waals surface area contributed by atoms with Crippen LogP contribution < -0.4 is 4.74 Å². The Morgan fingerprint density at radius 3 is 2.53 bits per heavy atom. The van der Waals surface area contributed by atoms with Crippen LogP contribution in [0.5, 0.6) is 5.75 Å². The predicted molar refractivity (Wildman–Crippen MR) is 75.4 cm³/mol. The highest BCUT2D eigenvalue weighted by atomic mass is 16.5. The first kappa shape index (κ1) is 12.2. The molecule has 0 aliphatic carbocycles. The molecular weight excluding hydrogens is 236 g/mol. The maximum absolute atomic E-state index is 10.5. The fourth-order valence-corrected chi connectivity index (χ4v) is 2.67. The van der Waals surface area contributed by atoms with E-state index in [0.29, 0.717) is 0 Å². The summed E-state index contributed by atoms with van der Waals surface area (Å²) in [6, 6.07) is 15.7. The molecule has 0 bridgehead atoms. The zero-order valence-electron chi connectivity index (χ0n) is 11.3. The molecule has 0 saturated heterocycles. The molecule has 98 valence electrons. The highest BCUT2D eigenvalue weighted by Gasteiger charge is 2.33. The van der Waals surface area contributed by atoms with Crippen LogP contribution in [0.25, 0.3) is 0 Å². The van der Waals surface area contributed by atoms with Gasteiger partial charge in [0.15, 0.2) is 0 Å². The summed E-state index contributed by atoms with van der Waals surface area (Å²) in [6.45, 7) is 4.15. The predicted octanol–water partition coefficient (Wildman–Crippen LogP) is 3.48. The summed E-state index contributed by atoms with van der Waals surface area (Å²) in [6.07, 6.45) is 0.252. The van der Waals surface area contributed by atoms with E-state index in [1.807, 2.05) is 42.5 Å². The largest absolute Gasteiger partial charge is 0.487 e. The number of aliphatic hydroxyl groups excluding tert-OH is 1. The number of fused-ring (bicyclic) bond motifs is 1. The van der Waals surface area contributed by atoms with Gasteiger partial charge in [0.25, 0.3) is 0 Å². The van der Waals surface area contributed by atoms with Gasteiger partial charge in [-0.25, -0.2) is 0 Å². The Balaban J connectivity index is 2.02. The van der Waals surface area contributed by atoms with Gasteiger partial charge in [0.05, 0.1) is 0 Å². The number of rotatable bonds is 2. The minimum atomic E-state index is -0.634. The monoisotopic (exact) mass is 254 g/mol. The van der Waals surface area contributed by atoms with Crippen LogP contribution in [0.4, 0.5) is 0 Å². The molecule has 0 spiro atoms. The van der Waals surface area contributed by atoms with Gasteiger partial charge in [0.1, 0.15) is 17.5 Å². The van der Waals surface area contributed by atoms with E-state index >= 15 is 0 Å². The fraction of sp³-hybridized carbons (Fsp3) is 0.294. The first-order valence-corrected chi connectivity index (χ1v) is 6.61. The highest BCUT2D eigenvalue weighted by molar-refractivity contribution is 5.49. The molecule has 2 nitrogen and oxygen atoms in total. The molecule has 0 aromatic heterocycles. The van der Waals surface area contributed by atoms with Gasteiger partial charge in [-0.2, -0.15) is 0 Å². The van der Waals surface area contributed by atoms with Gasteiger partial charge in [-0.3, -0.25) is 0 Å². The molecular formula is C17H18O2. The topological polar surface area (TPSA) is 29.5 Å². The van der Waals surface area contributed by atoms with E-state index in [2.05, 4.69) is 19.9 Å². The SMILES string of the molecule is CC1(C)Cc2cccc(C(O)c3ccccc3)c2O1. The molecule has 0 saturated carbocycles. The molecule has 1 N–H and O–H groups in total. The second-order valence-corrected chi connectivity index (χ2v) is 5.69. The van der Waals surface area contributed by atoms with Crippen molar-refractivity contribution in [3.63, 3.8) is 0 Å². The standard InChI is InChI=1S/C17H18O2/c1-17(2)11-13-9-6-10-14(16(13)19-17)15(18)12-7-4-3-5-8-12/h3-10,15,18H,11H2,1-2H3. The zero-order valence-corrected chi connectivity index (χ0v) is 11.3. The van der Waals surface area contributed by atoms with E-state index in [9.17, 15) is 5.11 Å². The van der Waals surface area contributed by atoms with Crippen LogP contribution in [-0.4, -0.2) is 10.7 Å². The first-order chi connectivity index (χ1) is 9.07. The van der Waals surface area contributed by atoms with Crippen molar-refractivity contribution in [3.8, 4) is 5.75 Å². The summed E-state index contributed by atoms with van der Waals surface area (Å²) < 4.78 is 6.01. The van der Waals surface area contributed by atoms with Crippen molar-refractivity contribution < 1.29 is 9.84 Å². The smallest absolute Gasteiger partial charge is 0.129 e. The molecule has 0 amide bonds. The Bertz CT molecular complexity index is 587. The van der Waals surface area contributed by atoms with Crippen molar-refractivity contribution in [1.29, 1.82) is 0 Å². The fourth-order valence-electron chi connectivity index (χ4n) is 2.67. The second kappa shape index (κ2) is 4.39. The van der Waals surface area contributed by atoms with E-state index in [0.717, 1.165) is 23.3 Å². The van der Waals surface area contributed by atoms with Gasteiger partial charge >= 0.3 is 0 Å². The summed E-state index contributed by atoms with van der Waals surface area (Å²) >= 11 is 0. The van der Waals surface area contributed by atoms with Crippen molar-refractivity contribution in [2.75, 3.05) is 0 Å². The van der Waals surface area contributed by atoms with Gasteiger partial charge in [-0.05, 0) is 25.0 Å². The lowest BCUT2D eigenvalue weighted by molar-refractivity contribution is 0.131. The molecule has 2 aromatic rings. The average molecular weight is 254 g/mol. The summed E-state index contributed by atoms with van der Waals surface area (Å²) in [5.74, 6) is 0.851. The Morgan fingerprint density at radius 1 is 1.05 bits per heavy atom. The third-order valence-corrected chi connectivity index (χ3v) is 3.53. The number of para-hydroxylation sites is 1. The van der Waals surface area contributed by atoms with Crippen LogP contribution in [0, 0.1) is 0 Å². The first-order valence-electron chi connectivity index (χ1n) is 6.61. The lowest BCUT2D eigenvalue weighted by Crippen LogP contribution is -2.25. The zero-order chi connectivity index (χ0) is 13.5. The van der Waals surface area contributed by atoms with Crippen LogP contribution in [0.2, 0.25) is 0 Å². The van der Waals surface area contributed by atoms with Crippen LogP contribution in [0.3, 0.4) is 0 Å². The second-order valence-electron chi connectivity index (χ2n) is 5.69. The van der Waals surface area contributed by atoms with E-state index in [1.54, 1.807) is 0 Å². The van der Waals surface area contributed by atoms with Crippen LogP contribution in [-0.2, 0) is 6.42 Å². The third kappa shape index (κ3) is 2.24. The molecule has 2 heteroatoms. The molecule has 0 fully saturated rings. The number of ether oxygens (including phenoxy) is 1. The van der Waals surface area contributed by atoms with Gasteiger partial charge in [-0.1, -0.05) is 48.5 Å². The molecule has 1 heterocycles. The maximum atomic E-state index is 10.5. The van der Waals surface area contributed by atoms with Crippen LogP contribution >= 0.6 is 0 Å². The summed E-state index contributed by atoms with van der Waals surface area (Å²) in [4.78, 5) is 0. The van der Waals surface area contributed by atoms with Gasteiger partial charge in [0, 0.05) is 12.0 Å². The molecule has 0 radical (unpaired) electrons. The molecule has 1 aliphatic heterocycles. The number of hydrogen-bond donors (Lipinski definition) is 1. The average Bonchev–Trinajstić information content (AvgIpc) is 2.72. The quantitative estimate of drug-likeness (QED) is 0.889. The van der Waals surface area contributed by atoms with Gasteiger partial charge in [-0.15, -0.1) is 0 Å². The molecule has 2 aromatic carbocycles. The van der Waals surface area contributed by atoms with E-state index < -0.39 is 6.10 Å². The van der Waals surface area contributed by atoms with Crippen molar-refractivity contribution in [1.82, 2.24) is 0 Å². The maximum Gasteiger partial charge on any atom is 0.129 e. The number of aliphatic hydroxyl groups is 1. The van der Waals surface area contributed by atoms with Crippen LogP contribution in [0.15, 0.2) is 48.5 Å². The molecule has 3 rings (SSSR count). The minimum absolute atomic E-state index is 0.186. The highest BCUT2D eigenvalue weighted by Crippen LogP contribution is 2.41. The van der Waals surface area contributed by atoms with E-state index in [1.165, 1.54) is 5.56 Å². The van der Waals surface area contributed by atoms with Crippen molar-refractivity contribution in [3.05, 3.63) is 65.2 Å².